The van der Waals surface area contributed by atoms with Gasteiger partial charge in [-0.15, -0.1) is 0 Å². The average molecular weight is 272 g/mol. The molecule has 0 aromatic heterocycles. The van der Waals surface area contributed by atoms with Crippen LogP contribution in [0.3, 0.4) is 0 Å². The summed E-state index contributed by atoms with van der Waals surface area (Å²) in [5.41, 5.74) is 1.26. The van der Waals surface area contributed by atoms with E-state index in [1.807, 2.05) is 24.3 Å². The van der Waals surface area contributed by atoms with Gasteiger partial charge in [-0.1, -0.05) is 13.8 Å². The molecule has 0 saturated heterocycles. The van der Waals surface area contributed by atoms with Crippen molar-refractivity contribution in [3.05, 3.63) is 29.8 Å². The van der Waals surface area contributed by atoms with Gasteiger partial charge in [0.25, 0.3) is 0 Å². The third-order valence-electron chi connectivity index (χ3n) is 4.68. The van der Waals surface area contributed by atoms with Crippen LogP contribution in [0.15, 0.2) is 24.3 Å². The first kappa shape index (κ1) is 13.7. The molecule has 0 spiro atoms. The van der Waals surface area contributed by atoms with Crippen molar-refractivity contribution in [1.82, 2.24) is 0 Å². The van der Waals surface area contributed by atoms with E-state index in [4.69, 9.17) is 4.74 Å². The summed E-state index contributed by atoms with van der Waals surface area (Å²) in [7, 11) is 0. The molecule has 1 aromatic carbocycles. The highest BCUT2D eigenvalue weighted by Gasteiger charge is 2.31. The summed E-state index contributed by atoms with van der Waals surface area (Å²) in [5, 5.41) is 0. The van der Waals surface area contributed by atoms with E-state index in [9.17, 15) is 4.79 Å². The van der Waals surface area contributed by atoms with Crippen molar-refractivity contribution in [3.8, 4) is 5.75 Å². The number of benzene rings is 1. The maximum Gasteiger partial charge on any atom is 0.165 e. The quantitative estimate of drug-likeness (QED) is 0.747. The van der Waals surface area contributed by atoms with Crippen LogP contribution in [0.5, 0.6) is 5.75 Å². The van der Waals surface area contributed by atoms with E-state index in [0.717, 1.165) is 37.0 Å². The van der Waals surface area contributed by atoms with Gasteiger partial charge in [-0.05, 0) is 68.2 Å². The highest BCUT2D eigenvalue weighted by Crippen LogP contribution is 2.39. The number of carbonyl (C=O) groups is 1. The molecule has 0 bridgehead atoms. The molecular weight excluding hydrogens is 248 g/mol. The number of ketones is 1. The molecule has 2 heteroatoms. The summed E-state index contributed by atoms with van der Waals surface area (Å²) in [5.74, 6) is 1.44. The van der Waals surface area contributed by atoms with Gasteiger partial charge in [0.05, 0.1) is 6.10 Å². The van der Waals surface area contributed by atoms with Gasteiger partial charge in [0, 0.05) is 11.5 Å². The van der Waals surface area contributed by atoms with Gasteiger partial charge in [-0.3, -0.25) is 4.79 Å². The van der Waals surface area contributed by atoms with Gasteiger partial charge in [0.2, 0.25) is 0 Å². The summed E-state index contributed by atoms with van der Waals surface area (Å²) in [4.78, 5) is 12.5. The minimum atomic E-state index is 0.221. The molecule has 108 valence electrons. The number of Topliss-reactive ketones (excluding diaryl/α,β-unsaturated/α-hetero) is 1. The first-order chi connectivity index (χ1) is 9.53. The highest BCUT2D eigenvalue weighted by molar-refractivity contribution is 5.98. The van der Waals surface area contributed by atoms with Gasteiger partial charge in [-0.2, -0.15) is 0 Å². The number of rotatable bonds is 4. The number of ether oxygens (including phenoxy) is 1. The van der Waals surface area contributed by atoms with E-state index in [-0.39, 0.29) is 5.92 Å². The van der Waals surface area contributed by atoms with E-state index in [2.05, 4.69) is 13.8 Å². The first-order valence-electron chi connectivity index (χ1n) is 7.84. The standard InChI is InChI=1S/C18H24O2/c1-18(2)11-9-14(10-12-18)17(19)13-3-5-15(6-4-13)20-16-7-8-16/h3-6,14,16H,7-12H2,1-2H3. The zero-order valence-corrected chi connectivity index (χ0v) is 12.5. The molecule has 0 atom stereocenters. The molecule has 2 aliphatic carbocycles. The summed E-state index contributed by atoms with van der Waals surface area (Å²) in [6, 6.07) is 7.75. The van der Waals surface area contributed by atoms with Crippen LogP contribution in [0.2, 0.25) is 0 Å². The average Bonchev–Trinajstić information content (AvgIpc) is 3.23. The Hall–Kier alpha value is -1.31. The van der Waals surface area contributed by atoms with Crippen LogP contribution in [-0.4, -0.2) is 11.9 Å². The van der Waals surface area contributed by atoms with Crippen LogP contribution in [-0.2, 0) is 0 Å². The smallest absolute Gasteiger partial charge is 0.165 e. The normalized spacial score (nSPS) is 22.5. The van der Waals surface area contributed by atoms with Crippen molar-refractivity contribution in [2.24, 2.45) is 11.3 Å². The van der Waals surface area contributed by atoms with Crippen LogP contribution in [0, 0.1) is 11.3 Å². The zero-order valence-electron chi connectivity index (χ0n) is 12.5. The molecule has 1 aromatic rings. The van der Waals surface area contributed by atoms with Crippen molar-refractivity contribution in [2.75, 3.05) is 0 Å². The fourth-order valence-electron chi connectivity index (χ4n) is 2.97. The maximum absolute atomic E-state index is 12.5. The lowest BCUT2D eigenvalue weighted by molar-refractivity contribution is 0.0838. The fraction of sp³-hybridized carbons (Fsp3) is 0.611. The lowest BCUT2D eigenvalue weighted by Gasteiger charge is -2.33. The van der Waals surface area contributed by atoms with E-state index in [1.54, 1.807) is 0 Å². The molecular formula is C18H24O2. The molecule has 0 N–H and O–H groups in total. The Morgan fingerprint density at radius 3 is 2.20 bits per heavy atom. The second-order valence-electron chi connectivity index (χ2n) is 7.14. The molecule has 20 heavy (non-hydrogen) atoms. The largest absolute Gasteiger partial charge is 0.490 e. The second kappa shape index (κ2) is 5.23. The first-order valence-corrected chi connectivity index (χ1v) is 7.84. The lowest BCUT2D eigenvalue weighted by Crippen LogP contribution is -2.26. The number of carbonyl (C=O) groups excluding carboxylic acids is 1. The minimum Gasteiger partial charge on any atom is -0.490 e. The number of hydrogen-bond acceptors (Lipinski definition) is 2. The molecule has 3 rings (SSSR count). The van der Waals surface area contributed by atoms with E-state index in [0.29, 0.717) is 17.3 Å². The van der Waals surface area contributed by atoms with E-state index in [1.165, 1.54) is 12.8 Å². The predicted molar refractivity (Wildman–Crippen MR) is 80.2 cm³/mol. The Balaban J connectivity index is 1.61. The number of hydrogen-bond donors (Lipinski definition) is 0. The lowest BCUT2D eigenvalue weighted by atomic mass is 9.71. The summed E-state index contributed by atoms with van der Waals surface area (Å²) in [6.45, 7) is 4.61. The molecule has 2 saturated carbocycles. The molecule has 0 unspecified atom stereocenters. The molecule has 2 aliphatic rings. The SMILES string of the molecule is CC1(C)CCC(C(=O)c2ccc(OC3CC3)cc2)CC1. The van der Waals surface area contributed by atoms with Crippen molar-refractivity contribution in [3.63, 3.8) is 0 Å². The summed E-state index contributed by atoms with van der Waals surface area (Å²) < 4.78 is 5.72. The van der Waals surface area contributed by atoms with Crippen LogP contribution in [0.1, 0.15) is 62.7 Å². The summed E-state index contributed by atoms with van der Waals surface area (Å²) >= 11 is 0. The fourth-order valence-corrected chi connectivity index (χ4v) is 2.97. The molecule has 0 heterocycles. The van der Waals surface area contributed by atoms with Gasteiger partial charge in [0.15, 0.2) is 5.78 Å². The third kappa shape index (κ3) is 3.23. The Kier molecular flexibility index (Phi) is 3.57. The molecule has 0 aliphatic heterocycles. The third-order valence-corrected chi connectivity index (χ3v) is 4.68. The van der Waals surface area contributed by atoms with Crippen molar-refractivity contribution in [1.29, 1.82) is 0 Å². The van der Waals surface area contributed by atoms with Gasteiger partial charge in [-0.25, -0.2) is 0 Å². The van der Waals surface area contributed by atoms with Crippen molar-refractivity contribution >= 4 is 5.78 Å². The molecule has 0 amide bonds. The van der Waals surface area contributed by atoms with Crippen LogP contribution < -0.4 is 4.74 Å². The van der Waals surface area contributed by atoms with Crippen LogP contribution in [0.25, 0.3) is 0 Å². The van der Waals surface area contributed by atoms with E-state index >= 15 is 0 Å². The second-order valence-corrected chi connectivity index (χ2v) is 7.14. The Morgan fingerprint density at radius 2 is 1.65 bits per heavy atom. The zero-order chi connectivity index (χ0) is 14.2. The Morgan fingerprint density at radius 1 is 1.05 bits per heavy atom. The Labute approximate surface area is 121 Å². The van der Waals surface area contributed by atoms with E-state index < -0.39 is 0 Å². The molecule has 2 fully saturated rings. The van der Waals surface area contributed by atoms with Crippen LogP contribution >= 0.6 is 0 Å². The van der Waals surface area contributed by atoms with Crippen LogP contribution in [0.4, 0.5) is 0 Å². The van der Waals surface area contributed by atoms with Gasteiger partial charge < -0.3 is 4.74 Å². The molecule has 2 nitrogen and oxygen atoms in total. The topological polar surface area (TPSA) is 26.3 Å². The Bertz CT molecular complexity index is 473. The monoisotopic (exact) mass is 272 g/mol. The predicted octanol–water partition coefficient (Wildman–Crippen LogP) is 4.63. The maximum atomic E-state index is 12.5. The molecule has 0 radical (unpaired) electrons. The summed E-state index contributed by atoms with van der Waals surface area (Å²) in [6.07, 6.45) is 7.13. The van der Waals surface area contributed by atoms with Crippen molar-refractivity contribution in [2.45, 2.75) is 58.5 Å². The highest BCUT2D eigenvalue weighted by atomic mass is 16.5. The van der Waals surface area contributed by atoms with Crippen molar-refractivity contribution < 1.29 is 9.53 Å². The van der Waals surface area contributed by atoms with Gasteiger partial charge in [0.1, 0.15) is 5.75 Å². The minimum absolute atomic E-state index is 0.221. The van der Waals surface area contributed by atoms with Gasteiger partial charge >= 0.3 is 0 Å².